The van der Waals surface area contributed by atoms with Gasteiger partial charge in [0.1, 0.15) is 0 Å². The van der Waals surface area contributed by atoms with Crippen LogP contribution in [0.25, 0.3) is 0 Å². The van der Waals surface area contributed by atoms with Gasteiger partial charge < -0.3 is 19.7 Å². The molecule has 5 nitrogen and oxygen atoms in total. The molecule has 0 atom stereocenters. The van der Waals surface area contributed by atoms with Gasteiger partial charge in [-0.2, -0.15) is 0 Å². The van der Waals surface area contributed by atoms with Crippen LogP contribution in [0.4, 0.5) is 5.69 Å². The molecule has 2 aromatic carbocycles. The topological polar surface area (TPSA) is 50.8 Å². The first-order chi connectivity index (χ1) is 13.7. The molecule has 0 bridgehead atoms. The standard InChI is InChI=1S/C23H30N2O3/c1-27-21-9-8-20(17-22(21)28-2)24-13-10-23(26)25-14-11-19(12-15-25)16-18-6-4-3-5-7-18/h3-9,17,19,24H,10-16H2,1-2H3. The van der Waals surface area contributed by atoms with Crippen molar-refractivity contribution in [3.8, 4) is 11.5 Å². The Morgan fingerprint density at radius 1 is 1.04 bits per heavy atom. The van der Waals surface area contributed by atoms with Gasteiger partial charge in [-0.15, -0.1) is 0 Å². The average Bonchev–Trinajstić information content (AvgIpc) is 2.74. The number of piperidine rings is 1. The van der Waals surface area contributed by atoms with Gasteiger partial charge in [0.25, 0.3) is 0 Å². The van der Waals surface area contributed by atoms with E-state index in [4.69, 9.17) is 9.47 Å². The average molecular weight is 383 g/mol. The van der Waals surface area contributed by atoms with Gasteiger partial charge in [0.05, 0.1) is 14.2 Å². The van der Waals surface area contributed by atoms with Crippen molar-refractivity contribution in [1.29, 1.82) is 0 Å². The van der Waals surface area contributed by atoms with E-state index in [-0.39, 0.29) is 5.91 Å². The van der Waals surface area contributed by atoms with Gasteiger partial charge in [-0.05, 0) is 42.9 Å². The summed E-state index contributed by atoms with van der Waals surface area (Å²) >= 11 is 0. The smallest absolute Gasteiger partial charge is 0.224 e. The summed E-state index contributed by atoms with van der Waals surface area (Å²) in [5.74, 6) is 2.28. The Labute approximate surface area is 167 Å². The number of methoxy groups -OCH3 is 2. The molecule has 0 spiro atoms. The molecule has 1 heterocycles. The molecule has 28 heavy (non-hydrogen) atoms. The van der Waals surface area contributed by atoms with Crippen LogP contribution in [0.2, 0.25) is 0 Å². The van der Waals surface area contributed by atoms with Crippen LogP contribution in [-0.2, 0) is 11.2 Å². The molecule has 1 N–H and O–H groups in total. The second-order valence-corrected chi connectivity index (χ2v) is 7.26. The third-order valence-electron chi connectivity index (χ3n) is 5.39. The summed E-state index contributed by atoms with van der Waals surface area (Å²) in [5.41, 5.74) is 2.32. The molecular weight excluding hydrogens is 352 g/mol. The zero-order chi connectivity index (χ0) is 19.8. The number of hydrogen-bond donors (Lipinski definition) is 1. The second-order valence-electron chi connectivity index (χ2n) is 7.26. The lowest BCUT2D eigenvalue weighted by atomic mass is 9.90. The van der Waals surface area contributed by atoms with E-state index in [1.807, 2.05) is 23.1 Å². The van der Waals surface area contributed by atoms with E-state index in [2.05, 4.69) is 35.6 Å². The normalized spacial score (nSPS) is 14.6. The quantitative estimate of drug-likeness (QED) is 0.750. The molecule has 1 amide bonds. The van der Waals surface area contributed by atoms with E-state index >= 15 is 0 Å². The Hall–Kier alpha value is -2.69. The number of ether oxygens (including phenoxy) is 2. The van der Waals surface area contributed by atoms with Crippen molar-refractivity contribution in [1.82, 2.24) is 4.90 Å². The first-order valence-corrected chi connectivity index (χ1v) is 9.97. The largest absolute Gasteiger partial charge is 0.493 e. The van der Waals surface area contributed by atoms with E-state index in [1.165, 1.54) is 5.56 Å². The van der Waals surface area contributed by atoms with Crippen molar-refractivity contribution < 1.29 is 14.3 Å². The summed E-state index contributed by atoms with van der Waals surface area (Å²) in [5, 5.41) is 3.30. The molecule has 5 heteroatoms. The molecule has 1 saturated heterocycles. The van der Waals surface area contributed by atoms with Crippen molar-refractivity contribution in [2.24, 2.45) is 5.92 Å². The molecule has 0 saturated carbocycles. The number of nitrogens with zero attached hydrogens (tertiary/aromatic N) is 1. The van der Waals surface area contributed by atoms with Crippen LogP contribution in [-0.4, -0.2) is 44.7 Å². The van der Waals surface area contributed by atoms with Crippen molar-refractivity contribution >= 4 is 11.6 Å². The lowest BCUT2D eigenvalue weighted by Gasteiger charge is -2.32. The summed E-state index contributed by atoms with van der Waals surface area (Å²) in [6.45, 7) is 2.34. The maximum Gasteiger partial charge on any atom is 0.224 e. The minimum atomic E-state index is 0.228. The van der Waals surface area contributed by atoms with E-state index in [9.17, 15) is 4.79 Å². The molecule has 0 aliphatic carbocycles. The zero-order valence-corrected chi connectivity index (χ0v) is 16.8. The van der Waals surface area contributed by atoms with Crippen molar-refractivity contribution in [3.05, 3.63) is 54.1 Å². The molecule has 3 rings (SSSR count). The van der Waals surface area contributed by atoms with E-state index in [1.54, 1.807) is 14.2 Å². The number of anilines is 1. The van der Waals surface area contributed by atoms with Crippen molar-refractivity contribution in [3.63, 3.8) is 0 Å². The van der Waals surface area contributed by atoms with Crippen molar-refractivity contribution in [2.75, 3.05) is 39.2 Å². The van der Waals surface area contributed by atoms with Crippen LogP contribution in [0, 0.1) is 5.92 Å². The highest BCUT2D eigenvalue weighted by molar-refractivity contribution is 5.76. The van der Waals surface area contributed by atoms with Crippen LogP contribution in [0.1, 0.15) is 24.8 Å². The minimum Gasteiger partial charge on any atom is -0.493 e. The van der Waals surface area contributed by atoms with Gasteiger partial charge in [0.2, 0.25) is 5.91 Å². The lowest BCUT2D eigenvalue weighted by Crippen LogP contribution is -2.39. The van der Waals surface area contributed by atoms with E-state index in [0.29, 0.717) is 30.4 Å². The van der Waals surface area contributed by atoms with Gasteiger partial charge >= 0.3 is 0 Å². The maximum atomic E-state index is 12.5. The van der Waals surface area contributed by atoms with Crippen LogP contribution >= 0.6 is 0 Å². The minimum absolute atomic E-state index is 0.228. The predicted molar refractivity (Wildman–Crippen MR) is 112 cm³/mol. The summed E-state index contributed by atoms with van der Waals surface area (Å²) in [7, 11) is 3.24. The third kappa shape index (κ3) is 5.41. The highest BCUT2D eigenvalue weighted by Gasteiger charge is 2.22. The summed E-state index contributed by atoms with van der Waals surface area (Å²) in [6.07, 6.45) is 3.79. The highest BCUT2D eigenvalue weighted by Crippen LogP contribution is 2.29. The SMILES string of the molecule is COc1ccc(NCCC(=O)N2CCC(Cc3ccccc3)CC2)cc1OC. The Bertz CT molecular complexity index is 756. The number of amides is 1. The van der Waals surface area contributed by atoms with Crippen molar-refractivity contribution in [2.45, 2.75) is 25.7 Å². The number of hydrogen-bond acceptors (Lipinski definition) is 4. The fourth-order valence-electron chi connectivity index (χ4n) is 3.75. The summed E-state index contributed by atoms with van der Waals surface area (Å²) in [4.78, 5) is 14.5. The first-order valence-electron chi connectivity index (χ1n) is 9.97. The monoisotopic (exact) mass is 382 g/mol. The van der Waals surface area contributed by atoms with E-state index in [0.717, 1.165) is 38.0 Å². The number of nitrogens with one attached hydrogen (secondary N) is 1. The molecule has 0 radical (unpaired) electrons. The molecule has 2 aromatic rings. The van der Waals surface area contributed by atoms with Gasteiger partial charge in [-0.3, -0.25) is 4.79 Å². The predicted octanol–water partition coefficient (Wildman–Crippen LogP) is 3.99. The van der Waals surface area contributed by atoms with Gasteiger partial charge in [-0.1, -0.05) is 30.3 Å². The highest BCUT2D eigenvalue weighted by atomic mass is 16.5. The molecule has 1 aliphatic rings. The fourth-order valence-corrected chi connectivity index (χ4v) is 3.75. The Balaban J connectivity index is 1.40. The molecule has 0 unspecified atom stereocenters. The molecule has 1 aliphatic heterocycles. The number of rotatable bonds is 8. The third-order valence-corrected chi connectivity index (χ3v) is 5.39. The maximum absolute atomic E-state index is 12.5. The van der Waals surface area contributed by atoms with Crippen LogP contribution < -0.4 is 14.8 Å². The number of carbonyl (C=O) groups excluding carboxylic acids is 1. The van der Waals surface area contributed by atoms with Crippen LogP contribution in [0.15, 0.2) is 48.5 Å². The Morgan fingerprint density at radius 2 is 1.75 bits per heavy atom. The van der Waals surface area contributed by atoms with E-state index < -0.39 is 0 Å². The lowest BCUT2D eigenvalue weighted by molar-refractivity contribution is -0.132. The van der Waals surface area contributed by atoms with Gasteiger partial charge in [0, 0.05) is 37.8 Å². The van der Waals surface area contributed by atoms with Crippen LogP contribution in [0.5, 0.6) is 11.5 Å². The summed E-state index contributed by atoms with van der Waals surface area (Å²) in [6, 6.07) is 16.3. The fraction of sp³-hybridized carbons (Fsp3) is 0.435. The van der Waals surface area contributed by atoms with Gasteiger partial charge in [-0.25, -0.2) is 0 Å². The number of benzene rings is 2. The Kier molecular flexibility index (Phi) is 7.18. The Morgan fingerprint density at radius 3 is 2.43 bits per heavy atom. The zero-order valence-electron chi connectivity index (χ0n) is 16.8. The number of likely N-dealkylation sites (tertiary alicyclic amines) is 1. The molecule has 1 fully saturated rings. The second kappa shape index (κ2) is 10.0. The molecule has 150 valence electrons. The van der Waals surface area contributed by atoms with Crippen LogP contribution in [0.3, 0.4) is 0 Å². The number of carbonyl (C=O) groups is 1. The summed E-state index contributed by atoms with van der Waals surface area (Å²) < 4.78 is 10.6. The molecular formula is C23H30N2O3. The first kappa shape index (κ1) is 20.1. The molecule has 0 aromatic heterocycles. The van der Waals surface area contributed by atoms with Gasteiger partial charge in [0.15, 0.2) is 11.5 Å².